The molecule has 14 unspecified atom stereocenters. The summed E-state index contributed by atoms with van der Waals surface area (Å²) in [5, 5.41) is 32.5. The first-order valence-corrected chi connectivity index (χ1v) is 25.0. The van der Waals surface area contributed by atoms with Crippen molar-refractivity contribution in [3.05, 3.63) is 11.6 Å². The van der Waals surface area contributed by atoms with Gasteiger partial charge in [-0.3, -0.25) is 4.79 Å². The average molecular weight is 815 g/mol. The summed E-state index contributed by atoms with van der Waals surface area (Å²) in [6.45, 7) is 17.0. The largest absolute Gasteiger partial charge is 0.463 e. The number of carbonyl (C=O) groups is 1. The van der Waals surface area contributed by atoms with E-state index in [0.717, 1.165) is 80.5 Å². The van der Waals surface area contributed by atoms with Crippen LogP contribution in [0, 0.1) is 52.3 Å². The highest BCUT2D eigenvalue weighted by Crippen LogP contribution is 2.67. The van der Waals surface area contributed by atoms with Gasteiger partial charge in [0.2, 0.25) is 0 Å². The summed E-state index contributed by atoms with van der Waals surface area (Å²) in [5.74, 6) is 5.24. The lowest BCUT2D eigenvalue weighted by molar-refractivity contribution is -0.313. The normalized spacial score (nSPS) is 37.1. The van der Waals surface area contributed by atoms with E-state index in [9.17, 15) is 20.1 Å². The Bertz CT molecular complexity index is 1250. The number of esters is 1. The van der Waals surface area contributed by atoms with Crippen LogP contribution in [0.15, 0.2) is 11.6 Å². The van der Waals surface area contributed by atoms with Crippen LogP contribution >= 0.6 is 0 Å². The zero-order chi connectivity index (χ0) is 41.9. The van der Waals surface area contributed by atoms with Gasteiger partial charge in [0.25, 0.3) is 0 Å². The third kappa shape index (κ3) is 11.9. The van der Waals surface area contributed by atoms with Crippen LogP contribution in [0.2, 0.25) is 0 Å². The van der Waals surface area contributed by atoms with Crippen molar-refractivity contribution in [1.82, 2.24) is 0 Å². The summed E-state index contributed by atoms with van der Waals surface area (Å²) in [7, 11) is 0. The maximum absolute atomic E-state index is 12.6. The van der Waals surface area contributed by atoms with E-state index in [1.165, 1.54) is 115 Å². The predicted molar refractivity (Wildman–Crippen MR) is 235 cm³/mol. The Labute approximate surface area is 355 Å². The number of rotatable bonds is 24. The molecule has 0 aromatic carbocycles. The molecule has 0 aromatic heterocycles. The van der Waals surface area contributed by atoms with E-state index in [-0.39, 0.29) is 24.1 Å². The Morgan fingerprint density at radius 1 is 0.793 bits per heavy atom. The number of carbonyl (C=O) groups excluding carboxylic acids is 1. The molecule has 5 rings (SSSR count). The van der Waals surface area contributed by atoms with E-state index in [1.54, 1.807) is 0 Å². The second-order valence-corrected chi connectivity index (χ2v) is 21.1. The quantitative estimate of drug-likeness (QED) is 0.0506. The first-order chi connectivity index (χ1) is 27.8. The average Bonchev–Trinajstić information content (AvgIpc) is 3.56. The number of unbranched alkanes of at least 4 members (excludes halogenated alkanes) is 12. The number of aliphatic hydroxyl groups excluding tert-OH is 3. The second-order valence-electron chi connectivity index (χ2n) is 21.1. The number of hydrogen-bond donors (Lipinski definition) is 3. The van der Waals surface area contributed by atoms with Gasteiger partial charge in [-0.1, -0.05) is 150 Å². The Morgan fingerprint density at radius 2 is 1.45 bits per heavy atom. The van der Waals surface area contributed by atoms with Crippen LogP contribution in [-0.2, 0) is 19.0 Å². The summed E-state index contributed by atoms with van der Waals surface area (Å²) >= 11 is 0. The first-order valence-electron chi connectivity index (χ1n) is 25.0. The van der Waals surface area contributed by atoms with Crippen molar-refractivity contribution in [2.45, 2.75) is 246 Å². The Kier molecular flexibility index (Phi) is 19.0. The van der Waals surface area contributed by atoms with Gasteiger partial charge in [0.15, 0.2) is 6.29 Å². The summed E-state index contributed by atoms with van der Waals surface area (Å²) in [5.41, 5.74) is 2.13. The van der Waals surface area contributed by atoms with Crippen LogP contribution in [0.5, 0.6) is 0 Å². The summed E-state index contributed by atoms with van der Waals surface area (Å²) in [4.78, 5) is 12.6. The third-order valence-corrected chi connectivity index (χ3v) is 17.2. The van der Waals surface area contributed by atoms with Crippen LogP contribution < -0.4 is 0 Å². The lowest BCUT2D eigenvalue weighted by Gasteiger charge is -2.58. The van der Waals surface area contributed by atoms with Gasteiger partial charge in [0.1, 0.15) is 31.0 Å². The standard InChI is InChI=1S/C51H90O7/c1-8-10-11-12-13-14-15-16-17-18-19-20-21-22-45(52)56-34-44-46(53)47(54)48(55)49(58-44)57-39-29-31-50(6)38(33-39)25-26-40-42-28-27-41(51(42,7)32-30-43(40)50)36(5)23-24-37(9-2)35(3)4/h25,35-37,39-44,46-49,53-55H,8-24,26-34H2,1-7H3. The number of hydrogen-bond acceptors (Lipinski definition) is 7. The van der Waals surface area contributed by atoms with Gasteiger partial charge in [-0.05, 0) is 116 Å². The topological polar surface area (TPSA) is 105 Å². The Morgan fingerprint density at radius 3 is 2.09 bits per heavy atom. The molecule has 0 amide bonds. The molecule has 7 heteroatoms. The highest BCUT2D eigenvalue weighted by atomic mass is 16.7. The first kappa shape index (κ1) is 48.0. The van der Waals surface area contributed by atoms with Crippen LogP contribution in [0.4, 0.5) is 0 Å². The van der Waals surface area contributed by atoms with Gasteiger partial charge in [-0.15, -0.1) is 0 Å². The molecule has 58 heavy (non-hydrogen) atoms. The maximum atomic E-state index is 12.6. The number of aliphatic hydroxyl groups is 3. The molecule has 0 aromatic rings. The van der Waals surface area contributed by atoms with Crippen molar-refractivity contribution < 1.29 is 34.3 Å². The van der Waals surface area contributed by atoms with E-state index >= 15 is 0 Å². The summed E-state index contributed by atoms with van der Waals surface area (Å²) < 4.78 is 18.0. The van der Waals surface area contributed by atoms with Gasteiger partial charge in [0, 0.05) is 6.42 Å². The molecular weight excluding hydrogens is 725 g/mol. The van der Waals surface area contributed by atoms with Crippen LogP contribution in [0.1, 0.15) is 209 Å². The molecule has 1 saturated heterocycles. The van der Waals surface area contributed by atoms with Gasteiger partial charge >= 0.3 is 5.97 Å². The van der Waals surface area contributed by atoms with Gasteiger partial charge in [-0.25, -0.2) is 0 Å². The fourth-order valence-corrected chi connectivity index (χ4v) is 13.3. The minimum absolute atomic E-state index is 0.139. The molecule has 7 nitrogen and oxygen atoms in total. The second kappa shape index (κ2) is 22.9. The molecule has 14 atom stereocenters. The van der Waals surface area contributed by atoms with E-state index < -0.39 is 30.7 Å². The fraction of sp³-hybridized carbons (Fsp3) is 0.941. The molecule has 0 radical (unpaired) electrons. The molecular formula is C51H90O7. The molecule has 0 bridgehead atoms. The smallest absolute Gasteiger partial charge is 0.305 e. The predicted octanol–water partition coefficient (Wildman–Crippen LogP) is 11.9. The van der Waals surface area contributed by atoms with Crippen molar-refractivity contribution in [3.8, 4) is 0 Å². The Hall–Kier alpha value is -0.990. The number of fused-ring (bicyclic) bond motifs is 5. The molecule has 5 aliphatic rings. The number of allylic oxidation sites excluding steroid dienone is 1. The summed E-state index contributed by atoms with van der Waals surface area (Å²) in [6, 6.07) is 0. The van der Waals surface area contributed by atoms with Gasteiger partial charge in [-0.2, -0.15) is 0 Å². The zero-order valence-electron chi connectivity index (χ0n) is 38.4. The summed E-state index contributed by atoms with van der Waals surface area (Å²) in [6.07, 6.45) is 26.1. The third-order valence-electron chi connectivity index (χ3n) is 17.2. The van der Waals surface area contributed by atoms with Crippen molar-refractivity contribution in [2.75, 3.05) is 6.61 Å². The molecule has 336 valence electrons. The minimum Gasteiger partial charge on any atom is -0.463 e. The van der Waals surface area contributed by atoms with Crippen LogP contribution in [0.25, 0.3) is 0 Å². The molecule has 0 spiro atoms. The van der Waals surface area contributed by atoms with Crippen molar-refractivity contribution in [3.63, 3.8) is 0 Å². The van der Waals surface area contributed by atoms with E-state index in [4.69, 9.17) is 14.2 Å². The van der Waals surface area contributed by atoms with E-state index in [0.29, 0.717) is 17.8 Å². The molecule has 3 saturated carbocycles. The highest BCUT2D eigenvalue weighted by molar-refractivity contribution is 5.69. The lowest BCUT2D eigenvalue weighted by Crippen LogP contribution is -2.60. The highest BCUT2D eigenvalue weighted by Gasteiger charge is 2.59. The Balaban J connectivity index is 1.04. The van der Waals surface area contributed by atoms with Crippen LogP contribution in [0.3, 0.4) is 0 Å². The van der Waals surface area contributed by atoms with Crippen molar-refractivity contribution in [2.24, 2.45) is 52.3 Å². The zero-order valence-corrected chi connectivity index (χ0v) is 38.4. The molecule has 4 aliphatic carbocycles. The van der Waals surface area contributed by atoms with Crippen molar-refractivity contribution >= 4 is 5.97 Å². The SMILES string of the molecule is CCCCCCCCCCCCCCCC(=O)OCC1OC(OC2CCC3(C)C(=CCC4C3CCC3(C)C(C(C)CCC(CC)C(C)C)CCC43)C2)C(O)C(O)C1O. The monoisotopic (exact) mass is 815 g/mol. The van der Waals surface area contributed by atoms with Gasteiger partial charge in [0.05, 0.1) is 6.10 Å². The maximum Gasteiger partial charge on any atom is 0.305 e. The number of ether oxygens (including phenoxy) is 3. The minimum atomic E-state index is -1.44. The molecule has 4 fully saturated rings. The van der Waals surface area contributed by atoms with Gasteiger partial charge < -0.3 is 29.5 Å². The molecule has 1 aliphatic heterocycles. The van der Waals surface area contributed by atoms with E-state index in [2.05, 4.69) is 54.5 Å². The molecule has 1 heterocycles. The van der Waals surface area contributed by atoms with Crippen molar-refractivity contribution in [1.29, 1.82) is 0 Å². The van der Waals surface area contributed by atoms with E-state index in [1.807, 2.05) is 0 Å². The van der Waals surface area contributed by atoms with Crippen LogP contribution in [-0.4, -0.2) is 64.7 Å². The fourth-order valence-electron chi connectivity index (χ4n) is 13.3. The molecule has 3 N–H and O–H groups in total. The lowest BCUT2D eigenvalue weighted by atomic mass is 9.47.